The van der Waals surface area contributed by atoms with Crippen molar-refractivity contribution >= 4 is 29.0 Å². The molecule has 2 rings (SSSR count). The Morgan fingerprint density at radius 1 is 1.46 bits per heavy atom. The Kier molecular flexibility index (Phi) is 2.48. The highest BCUT2D eigenvalue weighted by atomic mass is 35.5. The Morgan fingerprint density at radius 2 is 2.23 bits per heavy atom. The van der Waals surface area contributed by atoms with Gasteiger partial charge in [-0.3, -0.25) is 4.79 Å². The van der Waals surface area contributed by atoms with Gasteiger partial charge in [0.15, 0.2) is 5.78 Å². The molecule has 2 aliphatic rings. The van der Waals surface area contributed by atoms with Crippen LogP contribution in [0.25, 0.3) is 0 Å². The minimum absolute atomic E-state index is 0.100. The van der Waals surface area contributed by atoms with Gasteiger partial charge in [0.2, 0.25) is 0 Å². The summed E-state index contributed by atoms with van der Waals surface area (Å²) in [6.07, 6.45) is 6.19. The Bertz CT molecular complexity index is 304. The number of alkyl halides is 1. The highest BCUT2D eigenvalue weighted by Gasteiger charge is 2.32. The van der Waals surface area contributed by atoms with Crippen molar-refractivity contribution in [1.29, 1.82) is 0 Å². The fourth-order valence-corrected chi connectivity index (χ4v) is 2.69. The summed E-state index contributed by atoms with van der Waals surface area (Å²) in [5.74, 6) is 0.415. The lowest BCUT2D eigenvalue weighted by Crippen LogP contribution is -2.27. The summed E-state index contributed by atoms with van der Waals surface area (Å²) >= 11 is 11.9. The molecule has 2 aliphatic carbocycles. The van der Waals surface area contributed by atoms with E-state index in [0.29, 0.717) is 11.5 Å². The summed E-state index contributed by atoms with van der Waals surface area (Å²) in [6.45, 7) is 0. The Hall–Kier alpha value is -0.270. The van der Waals surface area contributed by atoms with Gasteiger partial charge in [0.25, 0.3) is 0 Å². The second-order valence-electron chi connectivity index (χ2n) is 3.52. The van der Waals surface area contributed by atoms with Crippen molar-refractivity contribution in [2.24, 2.45) is 5.92 Å². The number of allylic oxidation sites excluding steroid dienone is 4. The molecule has 0 spiro atoms. The molecule has 0 saturated heterocycles. The lowest BCUT2D eigenvalue weighted by Gasteiger charge is -2.29. The summed E-state index contributed by atoms with van der Waals surface area (Å²) in [4.78, 5) is 11.5. The number of carbonyl (C=O) groups is 1. The van der Waals surface area contributed by atoms with Gasteiger partial charge in [-0.05, 0) is 25.0 Å². The van der Waals surface area contributed by atoms with E-state index in [1.807, 2.05) is 6.08 Å². The second-order valence-corrected chi connectivity index (χ2v) is 4.46. The number of halogens is 2. The molecule has 1 fully saturated rings. The number of hydrogen-bond acceptors (Lipinski definition) is 1. The average Bonchev–Trinajstić information content (AvgIpc) is 2.07. The molecule has 0 aliphatic heterocycles. The van der Waals surface area contributed by atoms with Crippen molar-refractivity contribution in [3.8, 4) is 0 Å². The minimum Gasteiger partial charge on any atom is -0.295 e. The number of hydrogen-bond donors (Lipinski definition) is 0. The lowest BCUT2D eigenvalue weighted by atomic mass is 9.79. The van der Waals surface area contributed by atoms with E-state index in [2.05, 4.69) is 0 Å². The van der Waals surface area contributed by atoms with Crippen LogP contribution in [-0.2, 0) is 4.79 Å². The first-order chi connectivity index (χ1) is 6.18. The topological polar surface area (TPSA) is 17.1 Å². The summed E-state index contributed by atoms with van der Waals surface area (Å²) < 4.78 is 0. The molecular formula is C10H10Cl2O. The van der Waals surface area contributed by atoms with Crippen molar-refractivity contribution < 1.29 is 4.79 Å². The highest BCUT2D eigenvalue weighted by molar-refractivity contribution is 6.33. The molecule has 1 saturated carbocycles. The van der Waals surface area contributed by atoms with Gasteiger partial charge in [-0.25, -0.2) is 0 Å². The number of carbonyl (C=O) groups excluding carboxylic acids is 1. The second kappa shape index (κ2) is 3.47. The Labute approximate surface area is 87.4 Å². The van der Waals surface area contributed by atoms with Crippen LogP contribution in [0, 0.1) is 5.92 Å². The molecule has 0 aromatic rings. The molecule has 3 heteroatoms. The molecule has 0 amide bonds. The van der Waals surface area contributed by atoms with Crippen molar-refractivity contribution in [2.75, 3.05) is 0 Å². The third kappa shape index (κ3) is 1.68. The van der Waals surface area contributed by atoms with Crippen molar-refractivity contribution in [2.45, 2.75) is 24.6 Å². The van der Waals surface area contributed by atoms with Gasteiger partial charge >= 0.3 is 0 Å². The molecule has 2 unspecified atom stereocenters. The van der Waals surface area contributed by atoms with E-state index in [1.165, 1.54) is 0 Å². The number of fused-ring (bicyclic) bond motifs is 1. The van der Waals surface area contributed by atoms with Gasteiger partial charge in [-0.15, -0.1) is 11.6 Å². The van der Waals surface area contributed by atoms with Crippen LogP contribution in [0.1, 0.15) is 19.3 Å². The molecule has 0 heterocycles. The molecule has 70 valence electrons. The SMILES string of the molecule is O=C1CCCC2C1=CC(Cl)=CC2Cl. The maximum absolute atomic E-state index is 11.5. The van der Waals surface area contributed by atoms with Crippen LogP contribution in [0.2, 0.25) is 0 Å². The van der Waals surface area contributed by atoms with Gasteiger partial charge in [0.05, 0.1) is 5.38 Å². The fraction of sp³-hybridized carbons (Fsp3) is 0.500. The minimum atomic E-state index is -0.100. The molecule has 0 aromatic carbocycles. The highest BCUT2D eigenvalue weighted by Crippen LogP contribution is 2.37. The maximum Gasteiger partial charge on any atom is 0.159 e. The molecule has 2 atom stereocenters. The Morgan fingerprint density at radius 3 is 3.00 bits per heavy atom. The first kappa shape index (κ1) is 9.29. The van der Waals surface area contributed by atoms with E-state index in [1.54, 1.807) is 6.08 Å². The van der Waals surface area contributed by atoms with Gasteiger partial charge in [0.1, 0.15) is 0 Å². The smallest absolute Gasteiger partial charge is 0.159 e. The average molecular weight is 217 g/mol. The zero-order valence-electron chi connectivity index (χ0n) is 7.09. The van der Waals surface area contributed by atoms with E-state index in [-0.39, 0.29) is 17.1 Å². The van der Waals surface area contributed by atoms with E-state index >= 15 is 0 Å². The fourth-order valence-electron chi connectivity index (χ4n) is 1.97. The van der Waals surface area contributed by atoms with Gasteiger partial charge in [-0.1, -0.05) is 11.6 Å². The Balaban J connectivity index is 2.34. The van der Waals surface area contributed by atoms with Crippen LogP contribution in [0.15, 0.2) is 22.8 Å². The summed E-state index contributed by atoms with van der Waals surface area (Å²) in [5, 5.41) is 0.498. The van der Waals surface area contributed by atoms with Crippen LogP contribution >= 0.6 is 23.2 Å². The van der Waals surface area contributed by atoms with Crippen LogP contribution in [0.3, 0.4) is 0 Å². The number of Topliss-reactive ketones (excluding diaryl/α,β-unsaturated/α-hetero) is 1. The van der Waals surface area contributed by atoms with Crippen molar-refractivity contribution in [1.82, 2.24) is 0 Å². The largest absolute Gasteiger partial charge is 0.295 e. The van der Waals surface area contributed by atoms with Crippen molar-refractivity contribution in [3.63, 3.8) is 0 Å². The van der Waals surface area contributed by atoms with E-state index in [0.717, 1.165) is 18.4 Å². The predicted octanol–water partition coefficient (Wildman–Crippen LogP) is 3.03. The molecule has 0 bridgehead atoms. The van der Waals surface area contributed by atoms with Gasteiger partial charge in [-0.2, -0.15) is 0 Å². The first-order valence-corrected chi connectivity index (χ1v) is 5.26. The first-order valence-electron chi connectivity index (χ1n) is 4.44. The standard InChI is InChI=1S/C10H10Cl2O/c11-6-4-8-7(9(12)5-6)2-1-3-10(8)13/h4-5,7,9H,1-3H2. The van der Waals surface area contributed by atoms with Gasteiger partial charge < -0.3 is 0 Å². The number of ketones is 1. The molecule has 1 nitrogen and oxygen atoms in total. The molecule has 0 radical (unpaired) electrons. The van der Waals surface area contributed by atoms with Crippen LogP contribution in [0.5, 0.6) is 0 Å². The van der Waals surface area contributed by atoms with Crippen LogP contribution in [-0.4, -0.2) is 11.2 Å². The molecule has 0 aromatic heterocycles. The normalized spacial score (nSPS) is 33.5. The third-order valence-corrected chi connectivity index (χ3v) is 3.30. The molecule has 0 N–H and O–H groups in total. The number of rotatable bonds is 0. The maximum atomic E-state index is 11.5. The lowest BCUT2D eigenvalue weighted by molar-refractivity contribution is -0.117. The monoisotopic (exact) mass is 216 g/mol. The quantitative estimate of drug-likeness (QED) is 0.570. The van der Waals surface area contributed by atoms with E-state index in [9.17, 15) is 4.79 Å². The molecular weight excluding hydrogens is 207 g/mol. The third-order valence-electron chi connectivity index (χ3n) is 2.64. The van der Waals surface area contributed by atoms with Crippen LogP contribution < -0.4 is 0 Å². The summed E-state index contributed by atoms with van der Waals surface area (Å²) in [5.41, 5.74) is 0.832. The zero-order valence-corrected chi connectivity index (χ0v) is 8.61. The summed E-state index contributed by atoms with van der Waals surface area (Å²) in [6, 6.07) is 0. The van der Waals surface area contributed by atoms with Crippen molar-refractivity contribution in [3.05, 3.63) is 22.8 Å². The predicted molar refractivity (Wildman–Crippen MR) is 54.0 cm³/mol. The zero-order chi connectivity index (χ0) is 9.42. The van der Waals surface area contributed by atoms with Gasteiger partial charge in [0, 0.05) is 22.9 Å². The van der Waals surface area contributed by atoms with E-state index in [4.69, 9.17) is 23.2 Å². The summed E-state index contributed by atoms with van der Waals surface area (Å²) in [7, 11) is 0. The van der Waals surface area contributed by atoms with E-state index < -0.39 is 0 Å². The van der Waals surface area contributed by atoms with Crippen LogP contribution in [0.4, 0.5) is 0 Å². The molecule has 13 heavy (non-hydrogen) atoms.